The third-order valence-electron chi connectivity index (χ3n) is 5.11. The zero-order valence-corrected chi connectivity index (χ0v) is 12.0. The van der Waals surface area contributed by atoms with Gasteiger partial charge < -0.3 is 10.4 Å². The molecule has 0 amide bonds. The van der Waals surface area contributed by atoms with Crippen molar-refractivity contribution in [2.45, 2.75) is 83.3 Å². The Morgan fingerprint density at radius 1 is 1.00 bits per heavy atom. The summed E-state index contributed by atoms with van der Waals surface area (Å²) in [5.41, 5.74) is 0. The molecule has 0 heterocycles. The summed E-state index contributed by atoms with van der Waals surface area (Å²) in [6, 6.07) is 0.587. The zero-order valence-electron chi connectivity index (χ0n) is 12.0. The van der Waals surface area contributed by atoms with Crippen LogP contribution in [-0.4, -0.2) is 23.8 Å². The zero-order chi connectivity index (χ0) is 12.8. The van der Waals surface area contributed by atoms with Crippen LogP contribution in [0.3, 0.4) is 0 Å². The first kappa shape index (κ1) is 14.3. The minimum Gasteiger partial charge on any atom is -0.392 e. The molecule has 0 aromatic rings. The molecule has 0 aromatic heterocycles. The molecule has 2 aliphatic carbocycles. The molecule has 0 aromatic carbocycles. The number of hydrogen-bond acceptors (Lipinski definition) is 2. The molecule has 2 aliphatic rings. The van der Waals surface area contributed by atoms with Gasteiger partial charge in [-0.25, -0.2) is 0 Å². The van der Waals surface area contributed by atoms with Gasteiger partial charge in [0.1, 0.15) is 0 Å². The van der Waals surface area contributed by atoms with E-state index in [1.54, 1.807) is 0 Å². The van der Waals surface area contributed by atoms with Gasteiger partial charge in [-0.2, -0.15) is 0 Å². The highest BCUT2D eigenvalue weighted by atomic mass is 16.3. The lowest BCUT2D eigenvalue weighted by atomic mass is 9.84. The number of hydrogen-bond donors (Lipinski definition) is 2. The SMILES string of the molecule is CC(NCC(O)CC1CCCC1)C1CCCCC1. The summed E-state index contributed by atoms with van der Waals surface area (Å²) >= 11 is 0. The predicted octanol–water partition coefficient (Wildman–Crippen LogP) is 3.49. The van der Waals surface area contributed by atoms with Gasteiger partial charge >= 0.3 is 0 Å². The minimum atomic E-state index is -0.126. The summed E-state index contributed by atoms with van der Waals surface area (Å²) in [6.07, 6.45) is 13.3. The van der Waals surface area contributed by atoms with Gasteiger partial charge in [0, 0.05) is 12.6 Å². The fourth-order valence-electron chi connectivity index (χ4n) is 3.84. The first-order valence-corrected chi connectivity index (χ1v) is 8.17. The molecule has 2 N–H and O–H groups in total. The molecule has 2 saturated carbocycles. The van der Waals surface area contributed by atoms with Crippen LogP contribution in [-0.2, 0) is 0 Å². The predicted molar refractivity (Wildman–Crippen MR) is 76.6 cm³/mol. The van der Waals surface area contributed by atoms with Gasteiger partial charge in [0.15, 0.2) is 0 Å². The lowest BCUT2D eigenvalue weighted by molar-refractivity contribution is 0.131. The third-order valence-corrected chi connectivity index (χ3v) is 5.11. The molecule has 2 unspecified atom stereocenters. The van der Waals surface area contributed by atoms with Gasteiger partial charge in [0.2, 0.25) is 0 Å². The monoisotopic (exact) mass is 253 g/mol. The molecule has 18 heavy (non-hydrogen) atoms. The molecule has 0 radical (unpaired) electrons. The quantitative estimate of drug-likeness (QED) is 0.759. The Morgan fingerprint density at radius 3 is 2.28 bits per heavy atom. The third kappa shape index (κ3) is 4.55. The highest BCUT2D eigenvalue weighted by Crippen LogP contribution is 2.29. The maximum absolute atomic E-state index is 10.1. The van der Waals surface area contributed by atoms with E-state index < -0.39 is 0 Å². The van der Waals surface area contributed by atoms with Crippen molar-refractivity contribution in [3.8, 4) is 0 Å². The van der Waals surface area contributed by atoms with Gasteiger partial charge in [0.25, 0.3) is 0 Å². The summed E-state index contributed by atoms with van der Waals surface area (Å²) in [7, 11) is 0. The number of nitrogens with one attached hydrogen (secondary N) is 1. The Balaban J connectivity index is 1.60. The van der Waals surface area contributed by atoms with Crippen molar-refractivity contribution in [1.82, 2.24) is 5.32 Å². The van der Waals surface area contributed by atoms with Crippen LogP contribution in [0.5, 0.6) is 0 Å². The maximum Gasteiger partial charge on any atom is 0.0667 e. The fourth-order valence-corrected chi connectivity index (χ4v) is 3.84. The van der Waals surface area contributed by atoms with Crippen LogP contribution >= 0.6 is 0 Å². The molecule has 2 atom stereocenters. The van der Waals surface area contributed by atoms with E-state index in [9.17, 15) is 5.11 Å². The average Bonchev–Trinajstić information content (AvgIpc) is 2.90. The van der Waals surface area contributed by atoms with Crippen LogP contribution < -0.4 is 5.32 Å². The van der Waals surface area contributed by atoms with E-state index in [2.05, 4.69) is 12.2 Å². The number of aliphatic hydroxyl groups excluding tert-OH is 1. The normalized spacial score (nSPS) is 26.3. The summed E-state index contributed by atoms with van der Waals surface area (Å²) in [5.74, 6) is 1.64. The van der Waals surface area contributed by atoms with E-state index >= 15 is 0 Å². The lowest BCUT2D eigenvalue weighted by Crippen LogP contribution is -2.39. The van der Waals surface area contributed by atoms with Crippen molar-refractivity contribution in [3.05, 3.63) is 0 Å². The van der Waals surface area contributed by atoms with Crippen LogP contribution in [0, 0.1) is 11.8 Å². The molecule has 0 bridgehead atoms. The highest BCUT2D eigenvalue weighted by Gasteiger charge is 2.22. The first-order valence-electron chi connectivity index (χ1n) is 8.17. The first-order chi connectivity index (χ1) is 8.75. The molecule has 2 heteroatoms. The Hall–Kier alpha value is -0.0800. The molecule has 106 valence electrons. The molecular weight excluding hydrogens is 222 g/mol. The van der Waals surface area contributed by atoms with Crippen molar-refractivity contribution in [1.29, 1.82) is 0 Å². The van der Waals surface area contributed by atoms with Crippen LogP contribution in [0.4, 0.5) is 0 Å². The van der Waals surface area contributed by atoms with E-state index in [0.717, 1.165) is 24.8 Å². The number of aliphatic hydroxyl groups is 1. The molecule has 0 aliphatic heterocycles. The van der Waals surface area contributed by atoms with Crippen molar-refractivity contribution in [3.63, 3.8) is 0 Å². The average molecular weight is 253 g/mol. The van der Waals surface area contributed by atoms with E-state index in [-0.39, 0.29) is 6.10 Å². The van der Waals surface area contributed by atoms with Crippen molar-refractivity contribution in [2.24, 2.45) is 11.8 Å². The summed E-state index contributed by atoms with van der Waals surface area (Å²) in [4.78, 5) is 0. The highest BCUT2D eigenvalue weighted by molar-refractivity contribution is 4.78. The molecule has 0 saturated heterocycles. The van der Waals surface area contributed by atoms with Crippen LogP contribution in [0.1, 0.15) is 71.1 Å². The second-order valence-corrected chi connectivity index (χ2v) is 6.64. The van der Waals surface area contributed by atoms with Crippen molar-refractivity contribution in [2.75, 3.05) is 6.54 Å². The Bertz CT molecular complexity index is 219. The van der Waals surface area contributed by atoms with Crippen molar-refractivity contribution >= 4 is 0 Å². The minimum absolute atomic E-state index is 0.126. The fraction of sp³-hybridized carbons (Fsp3) is 1.00. The van der Waals surface area contributed by atoms with Gasteiger partial charge in [0.05, 0.1) is 6.10 Å². The molecule has 2 rings (SSSR count). The van der Waals surface area contributed by atoms with Crippen LogP contribution in [0.2, 0.25) is 0 Å². The Morgan fingerprint density at radius 2 is 1.61 bits per heavy atom. The Kier molecular flexibility index (Phi) is 5.97. The van der Waals surface area contributed by atoms with E-state index in [1.165, 1.54) is 57.8 Å². The summed E-state index contributed by atoms with van der Waals surface area (Å²) in [5, 5.41) is 13.7. The Labute approximate surface area is 113 Å². The molecule has 2 nitrogen and oxygen atoms in total. The van der Waals surface area contributed by atoms with Gasteiger partial charge in [-0.05, 0) is 38.0 Å². The van der Waals surface area contributed by atoms with E-state index in [0.29, 0.717) is 6.04 Å². The van der Waals surface area contributed by atoms with Gasteiger partial charge in [-0.15, -0.1) is 0 Å². The second kappa shape index (κ2) is 7.49. The van der Waals surface area contributed by atoms with E-state index in [1.807, 2.05) is 0 Å². The van der Waals surface area contributed by atoms with Crippen molar-refractivity contribution < 1.29 is 5.11 Å². The van der Waals surface area contributed by atoms with Crippen LogP contribution in [0.25, 0.3) is 0 Å². The van der Waals surface area contributed by atoms with Gasteiger partial charge in [-0.1, -0.05) is 44.9 Å². The number of rotatable bonds is 6. The lowest BCUT2D eigenvalue weighted by Gasteiger charge is -2.29. The molecule has 0 spiro atoms. The maximum atomic E-state index is 10.1. The molecular formula is C16H31NO. The standard InChI is InChI=1S/C16H31NO/c1-13(15-9-3-2-4-10-15)17-12-16(18)11-14-7-5-6-8-14/h13-18H,2-12H2,1H3. The smallest absolute Gasteiger partial charge is 0.0667 e. The second-order valence-electron chi connectivity index (χ2n) is 6.64. The van der Waals surface area contributed by atoms with E-state index in [4.69, 9.17) is 0 Å². The summed E-state index contributed by atoms with van der Waals surface area (Å²) < 4.78 is 0. The largest absolute Gasteiger partial charge is 0.392 e. The van der Waals surface area contributed by atoms with Crippen LogP contribution in [0.15, 0.2) is 0 Å². The molecule has 2 fully saturated rings. The topological polar surface area (TPSA) is 32.3 Å². The van der Waals surface area contributed by atoms with Gasteiger partial charge in [-0.3, -0.25) is 0 Å². The summed E-state index contributed by atoms with van der Waals surface area (Å²) in [6.45, 7) is 3.10.